The molecular weight excluding hydrogens is 320 g/mol. The number of allylic oxidation sites excluding steroid dienone is 3. The molecule has 0 saturated heterocycles. The van der Waals surface area contributed by atoms with Crippen LogP contribution in [0.2, 0.25) is 0 Å². The molecule has 2 unspecified atom stereocenters. The Bertz CT molecular complexity index is 927. The van der Waals surface area contributed by atoms with Crippen LogP contribution in [-0.4, -0.2) is 12.5 Å². The Morgan fingerprint density at radius 2 is 1.24 bits per heavy atom. The first kappa shape index (κ1) is 16.7. The van der Waals surface area contributed by atoms with Crippen LogP contribution < -0.4 is 0 Å². The highest BCUT2D eigenvalue weighted by Crippen LogP contribution is 2.72. The van der Waals surface area contributed by atoms with Crippen molar-refractivity contribution in [2.24, 2.45) is 0 Å². The van der Waals surface area contributed by atoms with Crippen molar-refractivity contribution in [2.45, 2.75) is 38.9 Å². The molecule has 1 heteroatoms. The highest BCUT2D eigenvalue weighted by atomic mass is 32.3. The second-order valence-corrected chi connectivity index (χ2v) is 11.7. The molecule has 0 amide bonds. The van der Waals surface area contributed by atoms with E-state index in [1.54, 1.807) is 16.0 Å². The zero-order valence-electron chi connectivity index (χ0n) is 16.2. The van der Waals surface area contributed by atoms with Crippen molar-refractivity contribution >= 4 is 21.2 Å². The Labute approximate surface area is 154 Å². The Hall–Kier alpha value is -1.73. The van der Waals surface area contributed by atoms with Crippen LogP contribution in [0, 0.1) is 0 Å². The summed E-state index contributed by atoms with van der Waals surface area (Å²) in [6.07, 6.45) is 5.08. The van der Waals surface area contributed by atoms with Crippen molar-refractivity contribution in [3.63, 3.8) is 0 Å². The van der Waals surface area contributed by atoms with E-state index >= 15 is 0 Å². The molecule has 4 rings (SSSR count). The summed E-state index contributed by atoms with van der Waals surface area (Å²) < 4.78 is 0. The first-order chi connectivity index (χ1) is 11.9. The maximum atomic E-state index is 2.54. The van der Waals surface area contributed by atoms with E-state index in [-0.39, 0.29) is 0 Å². The van der Waals surface area contributed by atoms with Gasteiger partial charge in [0.05, 0.1) is 0 Å². The quantitative estimate of drug-likeness (QED) is 0.540. The van der Waals surface area contributed by atoms with E-state index in [4.69, 9.17) is 0 Å². The fraction of sp³-hybridized carbons (Fsp3) is 0.333. The first-order valence-corrected chi connectivity index (χ1v) is 11.7. The molecule has 25 heavy (non-hydrogen) atoms. The zero-order chi connectivity index (χ0) is 17.9. The lowest BCUT2D eigenvalue weighted by molar-refractivity contribution is 0.965. The molecule has 0 N–H and O–H groups in total. The lowest BCUT2D eigenvalue weighted by Crippen LogP contribution is -2.13. The second kappa shape index (κ2) is 5.64. The molecule has 0 nitrogen and oxygen atoms in total. The smallest absolute Gasteiger partial charge is 0.0390 e. The predicted molar refractivity (Wildman–Crippen MR) is 114 cm³/mol. The Balaban J connectivity index is 1.89. The van der Waals surface area contributed by atoms with Crippen LogP contribution >= 0.6 is 10.0 Å². The second-order valence-electron chi connectivity index (χ2n) is 7.98. The molecule has 0 heterocycles. The van der Waals surface area contributed by atoms with Crippen molar-refractivity contribution in [1.82, 2.24) is 0 Å². The van der Waals surface area contributed by atoms with Gasteiger partial charge in [-0.2, -0.15) is 0 Å². The van der Waals surface area contributed by atoms with Gasteiger partial charge in [-0.15, -0.1) is 0 Å². The number of benzene rings is 2. The third-order valence-corrected chi connectivity index (χ3v) is 9.96. The molecular formula is C24H28S. The third-order valence-electron chi connectivity index (χ3n) is 6.38. The predicted octanol–water partition coefficient (Wildman–Crippen LogP) is 7.15. The Morgan fingerprint density at radius 3 is 1.84 bits per heavy atom. The minimum atomic E-state index is -0.978. The zero-order valence-corrected chi connectivity index (χ0v) is 17.0. The molecule has 2 aliphatic rings. The van der Waals surface area contributed by atoms with E-state index in [2.05, 4.69) is 88.7 Å². The lowest BCUT2D eigenvalue weighted by Gasteiger charge is -2.43. The Morgan fingerprint density at radius 1 is 0.720 bits per heavy atom. The molecule has 2 aromatic rings. The molecule has 0 spiro atoms. The van der Waals surface area contributed by atoms with Gasteiger partial charge in [-0.25, -0.2) is 10.0 Å². The molecule has 130 valence electrons. The Kier molecular flexibility index (Phi) is 3.77. The fourth-order valence-electron chi connectivity index (χ4n) is 5.26. The maximum Gasteiger partial charge on any atom is 0.0390 e. The molecule has 0 saturated carbocycles. The van der Waals surface area contributed by atoms with Crippen LogP contribution in [0.3, 0.4) is 0 Å². The van der Waals surface area contributed by atoms with Gasteiger partial charge in [-0.05, 0) is 71.6 Å². The van der Waals surface area contributed by atoms with Crippen molar-refractivity contribution in [2.75, 3.05) is 12.5 Å². The number of hydrogen-bond acceptors (Lipinski definition) is 0. The average molecular weight is 349 g/mol. The van der Waals surface area contributed by atoms with Crippen LogP contribution in [0.4, 0.5) is 0 Å². The van der Waals surface area contributed by atoms with Gasteiger partial charge in [-0.3, -0.25) is 0 Å². The molecule has 0 aliphatic heterocycles. The first-order valence-electron chi connectivity index (χ1n) is 9.14. The SMILES string of the molecule is CC1=C(S(C)(C)C2C(C)=C(C)c3ccccc32)C(C)c2ccccc21. The summed E-state index contributed by atoms with van der Waals surface area (Å²) in [6, 6.07) is 18.0. The summed E-state index contributed by atoms with van der Waals surface area (Å²) >= 11 is 0. The topological polar surface area (TPSA) is 0 Å². The molecule has 2 aromatic carbocycles. The van der Waals surface area contributed by atoms with E-state index in [0.29, 0.717) is 11.2 Å². The summed E-state index contributed by atoms with van der Waals surface area (Å²) in [6.45, 7) is 9.42. The van der Waals surface area contributed by atoms with Gasteiger partial charge in [0.25, 0.3) is 0 Å². The average Bonchev–Trinajstić information content (AvgIpc) is 3.01. The molecule has 0 aromatic heterocycles. The van der Waals surface area contributed by atoms with Gasteiger partial charge in [-0.1, -0.05) is 61.0 Å². The third kappa shape index (κ3) is 2.22. The number of hydrogen-bond donors (Lipinski definition) is 0. The van der Waals surface area contributed by atoms with Gasteiger partial charge in [0.1, 0.15) is 0 Å². The van der Waals surface area contributed by atoms with E-state index < -0.39 is 10.0 Å². The van der Waals surface area contributed by atoms with Crippen molar-refractivity contribution in [1.29, 1.82) is 0 Å². The van der Waals surface area contributed by atoms with Crippen LogP contribution in [0.1, 0.15) is 61.1 Å². The van der Waals surface area contributed by atoms with E-state index in [1.807, 2.05) is 0 Å². The number of rotatable bonds is 2. The highest BCUT2D eigenvalue weighted by Gasteiger charge is 2.41. The van der Waals surface area contributed by atoms with Crippen LogP contribution in [0.15, 0.2) is 59.0 Å². The summed E-state index contributed by atoms with van der Waals surface area (Å²) in [4.78, 5) is 1.70. The lowest BCUT2D eigenvalue weighted by atomic mass is 10.0. The highest BCUT2D eigenvalue weighted by molar-refractivity contribution is 8.36. The van der Waals surface area contributed by atoms with E-state index in [0.717, 1.165) is 0 Å². The van der Waals surface area contributed by atoms with Crippen molar-refractivity contribution < 1.29 is 0 Å². The normalized spacial score (nSPS) is 23.1. The maximum absolute atomic E-state index is 2.54. The minimum absolute atomic E-state index is 0.530. The summed E-state index contributed by atoms with van der Waals surface area (Å²) in [5.74, 6) is 0.530. The van der Waals surface area contributed by atoms with Crippen LogP contribution in [-0.2, 0) is 0 Å². The molecule has 2 aliphatic carbocycles. The largest absolute Gasteiger partial charge is 0.212 e. The van der Waals surface area contributed by atoms with Crippen molar-refractivity contribution in [3.8, 4) is 0 Å². The van der Waals surface area contributed by atoms with Gasteiger partial charge in [0.15, 0.2) is 0 Å². The van der Waals surface area contributed by atoms with E-state index in [1.165, 1.54) is 27.8 Å². The standard InChI is InChI=1S/C24H28S/c1-15-16(2)24(22-14-10-9-11-19(15)22)25(5,6)23-17(3)20-12-7-8-13-21(20)18(23)4/h7-14,17,24H,1-6H3. The van der Waals surface area contributed by atoms with E-state index in [9.17, 15) is 0 Å². The summed E-state index contributed by atoms with van der Waals surface area (Å²) in [5.41, 5.74) is 10.6. The number of fused-ring (bicyclic) bond motifs is 2. The van der Waals surface area contributed by atoms with Gasteiger partial charge in [0, 0.05) is 11.2 Å². The van der Waals surface area contributed by atoms with Crippen molar-refractivity contribution in [3.05, 3.63) is 81.3 Å². The molecule has 0 fully saturated rings. The van der Waals surface area contributed by atoms with Gasteiger partial charge >= 0.3 is 0 Å². The monoisotopic (exact) mass is 348 g/mol. The fourth-order valence-corrected chi connectivity index (χ4v) is 9.35. The minimum Gasteiger partial charge on any atom is -0.212 e. The molecule has 0 bridgehead atoms. The molecule has 0 radical (unpaired) electrons. The van der Waals surface area contributed by atoms with Gasteiger partial charge < -0.3 is 0 Å². The summed E-state index contributed by atoms with van der Waals surface area (Å²) in [7, 11) is -0.978. The summed E-state index contributed by atoms with van der Waals surface area (Å²) in [5, 5.41) is 0.547. The van der Waals surface area contributed by atoms with Crippen LogP contribution in [0.5, 0.6) is 0 Å². The molecule has 2 atom stereocenters. The van der Waals surface area contributed by atoms with Gasteiger partial charge in [0.2, 0.25) is 0 Å². The van der Waals surface area contributed by atoms with Crippen LogP contribution in [0.25, 0.3) is 11.1 Å².